The van der Waals surface area contributed by atoms with Gasteiger partial charge in [-0.1, -0.05) is 38.1 Å². The number of nitrogens with one attached hydrogen (secondary N) is 5. The molecule has 1 aromatic heterocycles. The molecule has 22 heteroatoms. The smallest absolute Gasteiger partial charge is 0.407 e. The molecule has 22 nitrogen and oxygen atoms in total. The maximum absolute atomic E-state index is 13.4. The molecule has 0 saturated heterocycles. The summed E-state index contributed by atoms with van der Waals surface area (Å²) in [5.41, 5.74) is 6.74. The van der Waals surface area contributed by atoms with E-state index in [-0.39, 0.29) is 32.0 Å². The van der Waals surface area contributed by atoms with Crippen LogP contribution in [-0.2, 0) is 67.3 Å². The van der Waals surface area contributed by atoms with Gasteiger partial charge in [0.05, 0.1) is 78.7 Å². The Morgan fingerprint density at radius 1 is 0.820 bits per heavy atom. The summed E-state index contributed by atoms with van der Waals surface area (Å²) >= 11 is 0. The van der Waals surface area contributed by atoms with E-state index in [1.807, 2.05) is 13.8 Å². The molecule has 1 aromatic carbocycles. The first-order chi connectivity index (χ1) is 29.5. The molecule has 2 atom stereocenters. The fraction of sp³-hybridized carbons (Fsp3) is 0.641. The van der Waals surface area contributed by atoms with Gasteiger partial charge >= 0.3 is 12.1 Å². The first kappa shape index (κ1) is 51.7. The number of alkyl carbamates (subject to hydrolysis) is 1. The standard InChI is InChI=1S/C39H64N10O12/c1-5-14-55-16-18-57-20-22-59-23-21-58-19-17-56-15-13-49-26-32(47-48-49)25-43-39(54)60-27-30-8-10-31(11-9-30)44-36(51)33(7-6-12-42-38(40)53)46-37(52)34(24-29(2)3)45-35(50)28-61-41-4/h8-11,26,29,33-34H,4-7,12-25,27-28H2,1-3H3,(H,43,54)(H,44,51)(H,45,50)(H,46,52)(H3,40,42,53)/t33-,34-/m0/s1. The average molecular weight is 865 g/mol. The summed E-state index contributed by atoms with van der Waals surface area (Å²) in [6, 6.07) is 3.87. The largest absolute Gasteiger partial charge is 0.445 e. The minimum absolute atomic E-state index is 0.0294. The van der Waals surface area contributed by atoms with Gasteiger partial charge in [-0.3, -0.25) is 14.4 Å². The third-order valence-corrected chi connectivity index (χ3v) is 8.14. The van der Waals surface area contributed by atoms with E-state index in [2.05, 4.69) is 60.5 Å². The zero-order chi connectivity index (χ0) is 44.5. The minimum atomic E-state index is -1.03. The van der Waals surface area contributed by atoms with Crippen molar-refractivity contribution in [2.45, 2.75) is 78.2 Å². The van der Waals surface area contributed by atoms with E-state index < -0.39 is 48.5 Å². The number of urea groups is 1. The van der Waals surface area contributed by atoms with Gasteiger partial charge in [0, 0.05) is 25.6 Å². The van der Waals surface area contributed by atoms with Gasteiger partial charge in [-0.2, -0.15) is 0 Å². The maximum atomic E-state index is 13.4. The Morgan fingerprint density at radius 2 is 1.44 bits per heavy atom. The van der Waals surface area contributed by atoms with Crippen LogP contribution in [0.15, 0.2) is 35.6 Å². The number of ether oxygens (including phenoxy) is 6. The molecule has 0 saturated carbocycles. The van der Waals surface area contributed by atoms with Crippen molar-refractivity contribution in [3.8, 4) is 0 Å². The molecular weight excluding hydrogens is 800 g/mol. The van der Waals surface area contributed by atoms with Crippen molar-refractivity contribution in [1.82, 2.24) is 36.3 Å². The van der Waals surface area contributed by atoms with E-state index in [1.165, 1.54) is 0 Å². The zero-order valence-corrected chi connectivity index (χ0v) is 35.5. The van der Waals surface area contributed by atoms with E-state index in [1.54, 1.807) is 35.1 Å². The molecule has 0 radical (unpaired) electrons. The quantitative estimate of drug-likeness (QED) is 0.0323. The summed E-state index contributed by atoms with van der Waals surface area (Å²) in [5, 5.41) is 24.4. The monoisotopic (exact) mass is 864 g/mol. The molecule has 7 N–H and O–H groups in total. The summed E-state index contributed by atoms with van der Waals surface area (Å²) in [6.07, 6.45) is 2.78. The van der Waals surface area contributed by atoms with Gasteiger partial charge in [0.2, 0.25) is 11.8 Å². The Balaban J connectivity index is 1.70. The van der Waals surface area contributed by atoms with Crippen molar-refractivity contribution in [3.05, 3.63) is 41.7 Å². The molecule has 0 fully saturated rings. The third-order valence-electron chi connectivity index (χ3n) is 8.14. The molecule has 1 heterocycles. The van der Waals surface area contributed by atoms with Crippen molar-refractivity contribution in [3.63, 3.8) is 0 Å². The van der Waals surface area contributed by atoms with Gasteiger partial charge in [-0.15, -0.1) is 10.3 Å². The Hall–Kier alpha value is -5.42. The van der Waals surface area contributed by atoms with Crippen molar-refractivity contribution < 1.29 is 57.2 Å². The highest BCUT2D eigenvalue weighted by atomic mass is 16.6. The third kappa shape index (κ3) is 25.7. The molecule has 61 heavy (non-hydrogen) atoms. The van der Waals surface area contributed by atoms with E-state index in [0.29, 0.717) is 95.8 Å². The highest BCUT2D eigenvalue weighted by Gasteiger charge is 2.27. The number of hydrogen-bond acceptors (Lipinski definition) is 15. The summed E-state index contributed by atoms with van der Waals surface area (Å²) in [4.78, 5) is 67.1. The lowest BCUT2D eigenvalue weighted by atomic mass is 10.0. The number of nitrogens with two attached hydrogens (primary N) is 1. The Labute approximate surface area is 356 Å². The molecule has 6 amide bonds. The van der Waals surface area contributed by atoms with Crippen LogP contribution >= 0.6 is 0 Å². The molecule has 342 valence electrons. The molecule has 0 unspecified atom stereocenters. The average Bonchev–Trinajstić information content (AvgIpc) is 3.69. The summed E-state index contributed by atoms with van der Waals surface area (Å²) < 4.78 is 34.2. The van der Waals surface area contributed by atoms with Crippen molar-refractivity contribution in [2.75, 3.05) is 84.5 Å². The first-order valence-corrected chi connectivity index (χ1v) is 20.3. The Kier molecular flexibility index (Phi) is 27.4. The number of rotatable bonds is 35. The van der Waals surface area contributed by atoms with Crippen LogP contribution in [-0.4, -0.2) is 143 Å². The molecule has 2 rings (SSSR count). The second kappa shape index (κ2) is 32.4. The highest BCUT2D eigenvalue weighted by Crippen LogP contribution is 2.13. The number of aromatic nitrogens is 3. The topological polar surface area (TPSA) is 279 Å². The lowest BCUT2D eigenvalue weighted by Gasteiger charge is -2.24. The second-order valence-corrected chi connectivity index (χ2v) is 13.8. The van der Waals surface area contributed by atoms with Crippen LogP contribution in [0.5, 0.6) is 0 Å². The van der Waals surface area contributed by atoms with Crippen LogP contribution in [0.1, 0.15) is 57.7 Å². The SMILES string of the molecule is C=NOCC(=O)N[C@@H](CC(C)C)C(=O)N[C@@H](CCCNC(N)=O)C(=O)Nc1ccc(COC(=O)NCc2cn(CCOCCOCCOCCOCCOCCC)nn2)cc1. The van der Waals surface area contributed by atoms with Crippen LogP contribution in [0, 0.1) is 5.92 Å². The van der Waals surface area contributed by atoms with Gasteiger partial charge in [-0.25, -0.2) is 14.3 Å². The number of oxime groups is 1. The number of anilines is 1. The molecule has 2 aromatic rings. The van der Waals surface area contributed by atoms with E-state index in [0.717, 1.165) is 13.0 Å². The lowest BCUT2D eigenvalue weighted by Crippen LogP contribution is -2.53. The normalized spacial score (nSPS) is 11.9. The van der Waals surface area contributed by atoms with Crippen molar-refractivity contribution in [1.29, 1.82) is 0 Å². The number of amides is 6. The molecular formula is C39H64N10O12. The number of hydrogen-bond donors (Lipinski definition) is 6. The number of carbonyl (C=O) groups excluding carboxylic acids is 5. The highest BCUT2D eigenvalue weighted by molar-refractivity contribution is 5.98. The first-order valence-electron chi connectivity index (χ1n) is 20.3. The van der Waals surface area contributed by atoms with Gasteiger partial charge in [-0.05, 0) is 49.3 Å². The number of primary amides is 1. The molecule has 0 aliphatic rings. The van der Waals surface area contributed by atoms with Crippen LogP contribution in [0.3, 0.4) is 0 Å². The summed E-state index contributed by atoms with van der Waals surface area (Å²) in [6.45, 7) is 14.3. The Morgan fingerprint density at radius 3 is 2.03 bits per heavy atom. The molecule has 0 spiro atoms. The zero-order valence-electron chi connectivity index (χ0n) is 35.5. The van der Waals surface area contributed by atoms with Crippen molar-refractivity contribution in [2.24, 2.45) is 16.8 Å². The van der Waals surface area contributed by atoms with Crippen LogP contribution < -0.4 is 32.3 Å². The van der Waals surface area contributed by atoms with Crippen LogP contribution in [0.2, 0.25) is 0 Å². The van der Waals surface area contributed by atoms with Gasteiger partial charge < -0.3 is 65.6 Å². The fourth-order valence-electron chi connectivity index (χ4n) is 5.19. The maximum Gasteiger partial charge on any atom is 0.407 e. The van der Waals surface area contributed by atoms with E-state index in [4.69, 9.17) is 34.2 Å². The number of carbonyl (C=O) groups is 5. The van der Waals surface area contributed by atoms with Crippen LogP contribution in [0.25, 0.3) is 0 Å². The summed E-state index contributed by atoms with van der Waals surface area (Å²) in [7, 11) is 0. The van der Waals surface area contributed by atoms with Gasteiger partial charge in [0.15, 0.2) is 6.61 Å². The molecule has 0 bridgehead atoms. The minimum Gasteiger partial charge on any atom is -0.445 e. The molecule has 0 aliphatic carbocycles. The van der Waals surface area contributed by atoms with Crippen molar-refractivity contribution >= 4 is 42.3 Å². The second-order valence-electron chi connectivity index (χ2n) is 13.8. The van der Waals surface area contributed by atoms with E-state index in [9.17, 15) is 24.0 Å². The lowest BCUT2D eigenvalue weighted by molar-refractivity contribution is -0.133. The number of benzene rings is 1. The Bertz CT molecular complexity index is 1560. The van der Waals surface area contributed by atoms with E-state index >= 15 is 0 Å². The predicted octanol–water partition coefficient (Wildman–Crippen LogP) is 1.23. The number of nitrogens with zero attached hydrogens (tertiary/aromatic N) is 4. The fourth-order valence-corrected chi connectivity index (χ4v) is 5.19. The van der Waals surface area contributed by atoms with Crippen LogP contribution in [0.4, 0.5) is 15.3 Å². The summed E-state index contributed by atoms with van der Waals surface area (Å²) in [5.74, 6) is -1.65. The molecule has 0 aliphatic heterocycles. The van der Waals surface area contributed by atoms with Gasteiger partial charge in [0.1, 0.15) is 24.4 Å². The predicted molar refractivity (Wildman–Crippen MR) is 222 cm³/mol. The van der Waals surface area contributed by atoms with Gasteiger partial charge in [0.25, 0.3) is 5.91 Å².